The Morgan fingerprint density at radius 1 is 1.18 bits per heavy atom. The molecule has 0 bridgehead atoms. The topological polar surface area (TPSA) is 24.5 Å². The predicted octanol–water partition coefficient (Wildman–Crippen LogP) is 2.51. The summed E-state index contributed by atoms with van der Waals surface area (Å²) in [4.78, 5) is 2.36. The highest BCUT2D eigenvalue weighted by Gasteiger charge is 2.01. The molecule has 0 aromatic carbocycles. The molecule has 0 spiro atoms. The second kappa shape index (κ2) is 12.3. The lowest BCUT2D eigenvalue weighted by Crippen LogP contribution is -2.27. The maximum Gasteiger partial charge on any atom is 0.0593 e. The van der Waals surface area contributed by atoms with E-state index >= 15 is 0 Å². The Labute approximate surface area is 108 Å². The van der Waals surface area contributed by atoms with Crippen LogP contribution >= 0.6 is 0 Å². The molecule has 0 heterocycles. The first-order valence-corrected chi connectivity index (χ1v) is 7.20. The van der Waals surface area contributed by atoms with Crippen molar-refractivity contribution in [2.75, 3.05) is 39.9 Å². The second-order valence-electron chi connectivity index (χ2n) is 4.85. The fraction of sp³-hybridized carbons (Fsp3) is 1.00. The number of nitrogens with one attached hydrogen (secondary N) is 1. The van der Waals surface area contributed by atoms with Gasteiger partial charge in [-0.25, -0.2) is 0 Å². The quantitative estimate of drug-likeness (QED) is 0.534. The summed E-state index contributed by atoms with van der Waals surface area (Å²) in [5.41, 5.74) is 0. The molecule has 0 aromatic heterocycles. The fourth-order valence-corrected chi connectivity index (χ4v) is 1.80. The van der Waals surface area contributed by atoms with Gasteiger partial charge >= 0.3 is 0 Å². The third kappa shape index (κ3) is 12.1. The van der Waals surface area contributed by atoms with Gasteiger partial charge in [-0.3, -0.25) is 0 Å². The molecule has 1 atom stereocenters. The third-order valence-electron chi connectivity index (χ3n) is 2.99. The highest BCUT2D eigenvalue weighted by molar-refractivity contribution is 4.61. The molecule has 0 aliphatic heterocycles. The van der Waals surface area contributed by atoms with Crippen molar-refractivity contribution in [2.45, 2.75) is 52.5 Å². The van der Waals surface area contributed by atoms with E-state index in [9.17, 15) is 0 Å². The molecule has 0 amide bonds. The van der Waals surface area contributed by atoms with E-state index in [0.717, 1.165) is 26.3 Å². The molecular weight excluding hydrogens is 212 g/mol. The molecule has 0 aliphatic carbocycles. The van der Waals surface area contributed by atoms with Gasteiger partial charge in [0, 0.05) is 19.2 Å². The van der Waals surface area contributed by atoms with E-state index in [-0.39, 0.29) is 0 Å². The van der Waals surface area contributed by atoms with E-state index in [4.69, 9.17) is 4.74 Å². The van der Waals surface area contributed by atoms with Crippen molar-refractivity contribution in [3.63, 3.8) is 0 Å². The van der Waals surface area contributed by atoms with E-state index in [1.807, 2.05) is 6.92 Å². The molecule has 0 aliphatic rings. The minimum atomic E-state index is 0.670. The number of hydrogen-bond donors (Lipinski definition) is 1. The van der Waals surface area contributed by atoms with Crippen molar-refractivity contribution in [2.24, 2.45) is 0 Å². The average molecular weight is 244 g/mol. The van der Waals surface area contributed by atoms with Gasteiger partial charge in [-0.2, -0.15) is 0 Å². The van der Waals surface area contributed by atoms with Gasteiger partial charge in [-0.15, -0.1) is 0 Å². The van der Waals surface area contributed by atoms with Gasteiger partial charge in [0.25, 0.3) is 0 Å². The number of rotatable bonds is 12. The normalized spacial score (nSPS) is 13.2. The van der Waals surface area contributed by atoms with Crippen LogP contribution in [0.3, 0.4) is 0 Å². The monoisotopic (exact) mass is 244 g/mol. The van der Waals surface area contributed by atoms with Crippen molar-refractivity contribution in [3.8, 4) is 0 Å². The minimum absolute atomic E-state index is 0.670. The summed E-state index contributed by atoms with van der Waals surface area (Å²) >= 11 is 0. The molecule has 0 radical (unpaired) electrons. The molecule has 0 fully saturated rings. The molecule has 3 nitrogen and oxygen atoms in total. The third-order valence-corrected chi connectivity index (χ3v) is 2.99. The van der Waals surface area contributed by atoms with Crippen molar-refractivity contribution >= 4 is 0 Å². The smallest absolute Gasteiger partial charge is 0.0593 e. The zero-order valence-corrected chi connectivity index (χ0v) is 12.3. The molecule has 0 aromatic rings. The first-order valence-electron chi connectivity index (χ1n) is 7.20. The van der Waals surface area contributed by atoms with E-state index in [2.05, 4.69) is 31.1 Å². The lowest BCUT2D eigenvalue weighted by molar-refractivity contribution is 0.121. The maximum atomic E-state index is 5.34. The van der Waals surface area contributed by atoms with Crippen LogP contribution < -0.4 is 5.32 Å². The Kier molecular flexibility index (Phi) is 12.3. The Morgan fingerprint density at radius 2 is 1.94 bits per heavy atom. The second-order valence-corrected chi connectivity index (χ2v) is 4.85. The van der Waals surface area contributed by atoms with E-state index in [1.165, 1.54) is 32.2 Å². The summed E-state index contributed by atoms with van der Waals surface area (Å²) in [6, 6.07) is 0.670. The van der Waals surface area contributed by atoms with Crippen molar-refractivity contribution in [3.05, 3.63) is 0 Å². The van der Waals surface area contributed by atoms with Crippen molar-refractivity contribution in [1.29, 1.82) is 0 Å². The first kappa shape index (κ1) is 16.9. The van der Waals surface area contributed by atoms with E-state index in [0.29, 0.717) is 6.04 Å². The van der Waals surface area contributed by atoms with E-state index < -0.39 is 0 Å². The van der Waals surface area contributed by atoms with Crippen LogP contribution in [0.25, 0.3) is 0 Å². The van der Waals surface area contributed by atoms with E-state index in [1.54, 1.807) is 0 Å². The van der Waals surface area contributed by atoms with Gasteiger partial charge in [-0.05, 0) is 53.2 Å². The SMILES string of the molecule is CCCNC(C)CCCCN(C)CCOCC. The van der Waals surface area contributed by atoms with Crippen LogP contribution in [0.4, 0.5) is 0 Å². The summed E-state index contributed by atoms with van der Waals surface area (Å²) in [5, 5.41) is 3.53. The lowest BCUT2D eigenvalue weighted by Gasteiger charge is -2.17. The molecule has 0 saturated heterocycles. The number of hydrogen-bond acceptors (Lipinski definition) is 3. The Bertz CT molecular complexity index is 153. The standard InChI is InChI=1S/C14H32N2O/c1-5-10-15-14(3)9-7-8-11-16(4)12-13-17-6-2/h14-15H,5-13H2,1-4H3. The van der Waals surface area contributed by atoms with Crippen molar-refractivity contribution in [1.82, 2.24) is 10.2 Å². The molecule has 1 N–H and O–H groups in total. The summed E-state index contributed by atoms with van der Waals surface area (Å²) in [5.74, 6) is 0. The predicted molar refractivity (Wildman–Crippen MR) is 75.6 cm³/mol. The summed E-state index contributed by atoms with van der Waals surface area (Å²) in [7, 11) is 2.18. The Morgan fingerprint density at radius 3 is 2.59 bits per heavy atom. The lowest BCUT2D eigenvalue weighted by atomic mass is 10.1. The van der Waals surface area contributed by atoms with Crippen LogP contribution in [-0.4, -0.2) is 50.8 Å². The number of unbranched alkanes of at least 4 members (excludes halogenated alkanes) is 1. The van der Waals surface area contributed by atoms with Crippen LogP contribution in [0.2, 0.25) is 0 Å². The van der Waals surface area contributed by atoms with Crippen LogP contribution in [-0.2, 0) is 4.74 Å². The maximum absolute atomic E-state index is 5.34. The van der Waals surface area contributed by atoms with Gasteiger partial charge in [0.15, 0.2) is 0 Å². The Hall–Kier alpha value is -0.120. The molecular formula is C14H32N2O. The largest absolute Gasteiger partial charge is 0.380 e. The minimum Gasteiger partial charge on any atom is -0.380 e. The van der Waals surface area contributed by atoms with Crippen LogP contribution in [0.5, 0.6) is 0 Å². The summed E-state index contributed by atoms with van der Waals surface area (Å²) in [6.45, 7) is 11.6. The highest BCUT2D eigenvalue weighted by Crippen LogP contribution is 2.01. The number of nitrogens with zero attached hydrogens (tertiary/aromatic N) is 1. The number of ether oxygens (including phenoxy) is 1. The zero-order valence-electron chi connectivity index (χ0n) is 12.3. The first-order chi connectivity index (χ1) is 8.20. The molecule has 0 rings (SSSR count). The van der Waals surface area contributed by atoms with Crippen LogP contribution in [0.1, 0.15) is 46.5 Å². The highest BCUT2D eigenvalue weighted by atomic mass is 16.5. The molecule has 3 heteroatoms. The molecule has 1 unspecified atom stereocenters. The van der Waals surface area contributed by atoms with Crippen LogP contribution in [0.15, 0.2) is 0 Å². The summed E-state index contributed by atoms with van der Waals surface area (Å²) in [6.07, 6.45) is 5.13. The summed E-state index contributed by atoms with van der Waals surface area (Å²) < 4.78 is 5.34. The fourth-order valence-electron chi connectivity index (χ4n) is 1.80. The molecule has 104 valence electrons. The van der Waals surface area contributed by atoms with Gasteiger partial charge in [0.1, 0.15) is 0 Å². The molecule has 0 saturated carbocycles. The van der Waals surface area contributed by atoms with Gasteiger partial charge < -0.3 is 15.0 Å². The number of likely N-dealkylation sites (N-methyl/N-ethyl adjacent to an activating group) is 1. The average Bonchev–Trinajstić information content (AvgIpc) is 2.32. The Balaban J connectivity index is 3.25. The van der Waals surface area contributed by atoms with Crippen molar-refractivity contribution < 1.29 is 4.74 Å². The van der Waals surface area contributed by atoms with Gasteiger partial charge in [0.2, 0.25) is 0 Å². The van der Waals surface area contributed by atoms with Crippen LogP contribution in [0, 0.1) is 0 Å². The van der Waals surface area contributed by atoms with Gasteiger partial charge in [-0.1, -0.05) is 13.3 Å². The zero-order chi connectivity index (χ0) is 12.9. The van der Waals surface area contributed by atoms with Gasteiger partial charge in [0.05, 0.1) is 6.61 Å². The molecule has 17 heavy (non-hydrogen) atoms.